The van der Waals surface area contributed by atoms with Crippen molar-refractivity contribution >= 4 is 81.2 Å². The highest BCUT2D eigenvalue weighted by molar-refractivity contribution is 14.1. The SMILES string of the molecule is Cc1c(C=O)c(C2(F)CC2)nn1C.Cn1ccc(C2(F)CC2)n1.Cn1nc(C2(F)CC2)c(C(F)(F)F)c1Cl.Cn1nc(C2(F)CC2)c(I)c1Cl.Cn1nc(C2(F)CC2)cc1Cl.N#CC1(NC(=O)c2cc(-c3cn[nH]c3)ccc2Cl)CC1. The van der Waals surface area contributed by atoms with E-state index < -0.39 is 56.5 Å². The molecule has 13 rings (SSSR count). The summed E-state index contributed by atoms with van der Waals surface area (Å²) in [5, 5.41) is 38.7. The van der Waals surface area contributed by atoms with E-state index in [0.717, 1.165) is 25.1 Å². The highest BCUT2D eigenvalue weighted by Crippen LogP contribution is 2.55. The molecule has 16 nitrogen and oxygen atoms in total. The third kappa shape index (κ3) is 13.9. The minimum absolute atomic E-state index is 0.0728. The van der Waals surface area contributed by atoms with Crippen LogP contribution in [0.3, 0.4) is 0 Å². The van der Waals surface area contributed by atoms with E-state index in [-0.39, 0.29) is 18.7 Å². The third-order valence-electron chi connectivity index (χ3n) is 14.2. The first-order valence-corrected chi connectivity index (χ1v) is 27.8. The normalized spacial score (nSPS) is 18.6. The number of aldehydes is 1. The number of hydrogen-bond donors (Lipinski definition) is 2. The molecule has 0 spiro atoms. The Labute approximate surface area is 492 Å². The molecule has 6 heterocycles. The summed E-state index contributed by atoms with van der Waals surface area (Å²) in [5.74, 6) is -0.320. The summed E-state index contributed by atoms with van der Waals surface area (Å²) >= 11 is 25.1. The Bertz CT molecular complexity index is 3490. The number of aromatic amines is 1. The Hall–Kier alpha value is -5.56. The van der Waals surface area contributed by atoms with Gasteiger partial charge in [0.2, 0.25) is 0 Å². The van der Waals surface area contributed by atoms with Crippen LogP contribution in [0.25, 0.3) is 11.1 Å². The molecular formula is C52H53Cl4F8IN14O2. The molecule has 0 saturated heterocycles. The van der Waals surface area contributed by atoms with Gasteiger partial charge >= 0.3 is 6.18 Å². The number of aromatic nitrogens is 12. The molecule has 81 heavy (non-hydrogen) atoms. The number of hydrogen-bond acceptors (Lipinski definition) is 9. The Morgan fingerprint density at radius 2 is 1.22 bits per heavy atom. The van der Waals surface area contributed by atoms with Crippen LogP contribution in [0.2, 0.25) is 20.5 Å². The van der Waals surface area contributed by atoms with Crippen molar-refractivity contribution in [3.05, 3.63) is 124 Å². The smallest absolute Gasteiger partial charge is 0.334 e. The molecule has 0 unspecified atom stereocenters. The lowest BCUT2D eigenvalue weighted by Gasteiger charge is -2.11. The number of carbonyl (C=O) groups is 2. The topological polar surface area (TPSA) is 188 Å². The average Bonchev–Trinajstić information content (AvgIpc) is 4.27. The second-order valence-corrected chi connectivity index (χ2v) is 23.4. The highest BCUT2D eigenvalue weighted by atomic mass is 127. The zero-order valence-corrected chi connectivity index (χ0v) is 49.5. The molecule has 7 aromatic rings. The maximum Gasteiger partial charge on any atom is 0.421 e. The Morgan fingerprint density at radius 3 is 1.67 bits per heavy atom. The van der Waals surface area contributed by atoms with Gasteiger partial charge in [0.05, 0.1) is 37.7 Å². The first-order chi connectivity index (χ1) is 37.8. The number of alkyl halides is 8. The molecule has 0 atom stereocenters. The van der Waals surface area contributed by atoms with Gasteiger partial charge in [-0.25, -0.2) is 22.0 Å². The number of rotatable bonds is 9. The second kappa shape index (κ2) is 22.9. The van der Waals surface area contributed by atoms with E-state index >= 15 is 0 Å². The molecule has 6 aromatic heterocycles. The number of H-pyrrole nitrogens is 1. The molecule has 1 amide bonds. The minimum atomic E-state index is -4.66. The van der Waals surface area contributed by atoms with Crippen LogP contribution in [0.5, 0.6) is 0 Å². The van der Waals surface area contributed by atoms with Crippen molar-refractivity contribution in [2.24, 2.45) is 35.2 Å². The number of amides is 1. The van der Waals surface area contributed by atoms with Crippen molar-refractivity contribution in [3.63, 3.8) is 0 Å². The quantitative estimate of drug-likeness (QED) is 0.0805. The average molecular weight is 1330 g/mol. The van der Waals surface area contributed by atoms with Crippen molar-refractivity contribution < 1.29 is 44.7 Å². The van der Waals surface area contributed by atoms with Gasteiger partial charge in [0.25, 0.3) is 5.91 Å². The van der Waals surface area contributed by atoms with Crippen molar-refractivity contribution in [2.45, 2.75) is 124 Å². The third-order valence-corrected chi connectivity index (χ3v) is 17.1. The van der Waals surface area contributed by atoms with Gasteiger partial charge in [0.1, 0.15) is 49.3 Å². The van der Waals surface area contributed by atoms with E-state index in [1.165, 1.54) is 16.4 Å². The Balaban J connectivity index is 0.000000129. The highest BCUT2D eigenvalue weighted by Gasteiger charge is 2.55. The fourth-order valence-corrected chi connectivity index (χ4v) is 9.63. The van der Waals surface area contributed by atoms with Gasteiger partial charge in [-0.15, -0.1) is 0 Å². The van der Waals surface area contributed by atoms with E-state index in [9.17, 15) is 44.7 Å². The van der Waals surface area contributed by atoms with Crippen molar-refractivity contribution in [1.82, 2.24) is 64.4 Å². The first-order valence-electron chi connectivity index (χ1n) is 25.2. The van der Waals surface area contributed by atoms with Gasteiger partial charge in [-0.3, -0.25) is 38.1 Å². The fourth-order valence-electron chi connectivity index (χ4n) is 7.98. The van der Waals surface area contributed by atoms with Crippen LogP contribution >= 0.6 is 69.0 Å². The van der Waals surface area contributed by atoms with Crippen LogP contribution in [0.1, 0.15) is 137 Å². The molecule has 29 heteroatoms. The van der Waals surface area contributed by atoms with Crippen LogP contribution in [0, 0.1) is 21.8 Å². The molecule has 1 aromatic carbocycles. The molecule has 6 aliphatic rings. The van der Waals surface area contributed by atoms with Crippen LogP contribution in [0.4, 0.5) is 35.1 Å². The summed E-state index contributed by atoms with van der Waals surface area (Å²) in [4.78, 5) is 22.9. The number of aryl methyl sites for hydroxylation is 5. The number of nitrogens with one attached hydrogen (secondary N) is 2. The van der Waals surface area contributed by atoms with Gasteiger partial charge in [0, 0.05) is 65.0 Å². The molecule has 2 N–H and O–H groups in total. The van der Waals surface area contributed by atoms with Crippen molar-refractivity contribution in [2.75, 3.05) is 0 Å². The van der Waals surface area contributed by atoms with Gasteiger partial charge < -0.3 is 5.32 Å². The summed E-state index contributed by atoms with van der Waals surface area (Å²) < 4.78 is 113. The molecule has 434 valence electrons. The standard InChI is InChI=1S/C14H11ClN4O.C9H11FN2O.C8H7ClF4N2.C7H7ClFIN2.C7H8ClFN2.C7H9FN2/c15-12-2-1-9(10-6-17-18-7-10)5-11(12)13(20)19-14(8-16)3-4-14;1-6-7(5-13)8(11-12(6)2)9(10)3-4-9;1-15-6(9)4(8(11,12)13)5(14-15)7(10)2-3-7;1-12-6(8)4(10)5(11-12)7(9)2-3-7;1-11-6(8)4-5(10-11)7(9)2-3-7;1-10-5-2-6(9-10)7(8)3-4-7/h1-2,5-7H,3-4H2,(H,17,18)(H,19,20);5H,3-4H2,1-2H3;2-3H2,1H3;2-3H2,1H3;4H,2-3H2,1H3;2,5H,3-4H2,1H3. The van der Waals surface area contributed by atoms with Crippen molar-refractivity contribution in [3.8, 4) is 17.2 Å². The molecule has 6 saturated carbocycles. The number of nitrogens with zero attached hydrogens (tertiary/aromatic N) is 12. The van der Waals surface area contributed by atoms with E-state index in [2.05, 4.69) is 47.1 Å². The number of nitriles is 1. The summed E-state index contributed by atoms with van der Waals surface area (Å²) in [7, 11) is 8.21. The minimum Gasteiger partial charge on any atom is -0.334 e. The van der Waals surface area contributed by atoms with Crippen LogP contribution in [-0.2, 0) is 69.8 Å². The van der Waals surface area contributed by atoms with Gasteiger partial charge in [0.15, 0.2) is 34.6 Å². The van der Waals surface area contributed by atoms with Gasteiger partial charge in [-0.2, -0.15) is 49.0 Å². The molecule has 0 bridgehead atoms. The number of carbonyl (C=O) groups excluding carboxylic acids is 2. The lowest BCUT2D eigenvalue weighted by atomic mass is 10.1. The molecule has 6 fully saturated rings. The van der Waals surface area contributed by atoms with Gasteiger partial charge in [-0.05, 0) is 130 Å². The predicted molar refractivity (Wildman–Crippen MR) is 293 cm³/mol. The molecule has 0 aliphatic heterocycles. The van der Waals surface area contributed by atoms with Crippen LogP contribution < -0.4 is 5.32 Å². The lowest BCUT2D eigenvalue weighted by molar-refractivity contribution is -0.138. The predicted octanol–water partition coefficient (Wildman–Crippen LogP) is 13.1. The molecule has 6 aliphatic carbocycles. The van der Waals surface area contributed by atoms with E-state index in [4.69, 9.17) is 51.7 Å². The largest absolute Gasteiger partial charge is 0.421 e. The zero-order valence-electron chi connectivity index (χ0n) is 44.3. The maximum absolute atomic E-state index is 13.6. The zero-order chi connectivity index (χ0) is 59.4. The summed E-state index contributed by atoms with van der Waals surface area (Å²) in [6, 6.07) is 10.7. The Kier molecular flexibility index (Phi) is 17.4. The molecule has 0 radical (unpaired) electrons. The van der Waals surface area contributed by atoms with E-state index in [1.54, 1.807) is 87.3 Å². The van der Waals surface area contributed by atoms with Crippen LogP contribution in [0.15, 0.2) is 48.9 Å². The Morgan fingerprint density at radius 1 is 0.691 bits per heavy atom. The monoisotopic (exact) mass is 1320 g/mol. The maximum atomic E-state index is 13.6. The van der Waals surface area contributed by atoms with Crippen LogP contribution in [-0.4, -0.2) is 76.8 Å². The fraction of sp³-hybridized carbons (Fsp3) is 0.481. The summed E-state index contributed by atoms with van der Waals surface area (Å²) in [6.45, 7) is 1.77. The van der Waals surface area contributed by atoms with Gasteiger partial charge in [-0.1, -0.05) is 52.5 Å². The number of halogens is 13. The van der Waals surface area contributed by atoms with Crippen molar-refractivity contribution in [1.29, 1.82) is 5.26 Å². The lowest BCUT2D eigenvalue weighted by Crippen LogP contribution is -2.35. The summed E-state index contributed by atoms with van der Waals surface area (Å²) in [5.41, 5.74) is -3.96. The second-order valence-electron chi connectivity index (χ2n) is 20.8. The molecular weight excluding hydrogens is 1270 g/mol. The van der Waals surface area contributed by atoms with E-state index in [1.807, 2.05) is 28.7 Å². The number of benzene rings is 1. The summed E-state index contributed by atoms with van der Waals surface area (Å²) in [6.07, 6.45) is 7.32. The van der Waals surface area contributed by atoms with E-state index in [0.29, 0.717) is 120 Å². The first kappa shape index (κ1) is 61.5.